The normalized spacial score (nSPS) is 37.8. The topological polar surface area (TPSA) is 32.3 Å². The van der Waals surface area contributed by atoms with Gasteiger partial charge in [0.25, 0.3) is 0 Å². The van der Waals surface area contributed by atoms with E-state index in [0.29, 0.717) is 24.5 Å². The van der Waals surface area contributed by atoms with Crippen molar-refractivity contribution in [3.63, 3.8) is 0 Å². The van der Waals surface area contributed by atoms with Gasteiger partial charge in [0.1, 0.15) is 0 Å². The van der Waals surface area contributed by atoms with E-state index in [1.54, 1.807) is 0 Å². The van der Waals surface area contributed by atoms with Crippen LogP contribution in [-0.2, 0) is 4.79 Å². The number of nitrogens with one attached hydrogen (secondary N) is 1. The van der Waals surface area contributed by atoms with Crippen molar-refractivity contribution in [3.8, 4) is 0 Å². The Balaban J connectivity index is 2.65. The molecule has 0 aromatic rings. The van der Waals surface area contributed by atoms with Gasteiger partial charge in [-0.25, -0.2) is 0 Å². The zero-order chi connectivity index (χ0) is 10.0. The molecule has 3 unspecified atom stereocenters. The van der Waals surface area contributed by atoms with Crippen LogP contribution in [0.2, 0.25) is 0 Å². The molecule has 0 spiro atoms. The van der Waals surface area contributed by atoms with E-state index in [1.807, 2.05) is 0 Å². The third-order valence-corrected chi connectivity index (χ3v) is 2.97. The number of nitrogens with zero attached hydrogens (tertiary/aromatic N) is 1. The minimum atomic E-state index is 0.179. The van der Waals surface area contributed by atoms with Gasteiger partial charge in [0.2, 0.25) is 5.91 Å². The molecule has 1 N–H and O–H groups in total. The van der Waals surface area contributed by atoms with E-state index in [-0.39, 0.29) is 5.91 Å². The lowest BCUT2D eigenvalue weighted by Gasteiger charge is -2.35. The average Bonchev–Trinajstić information content (AvgIpc) is 2.00. The standard InChI is InChI=1S/C10H20N2O/c1-7-5-8(2)12(4)9(3)6-10(13)11-7/h7-9H,5-6H2,1-4H3,(H,11,13). The molecule has 0 radical (unpaired) electrons. The lowest BCUT2D eigenvalue weighted by Crippen LogP contribution is -2.48. The molecule has 0 aromatic heterocycles. The number of amides is 1. The summed E-state index contributed by atoms with van der Waals surface area (Å²) < 4.78 is 0. The molecule has 76 valence electrons. The van der Waals surface area contributed by atoms with Crippen LogP contribution in [-0.4, -0.2) is 36.0 Å². The second-order valence-corrected chi connectivity index (χ2v) is 4.27. The highest BCUT2D eigenvalue weighted by atomic mass is 16.1. The molecule has 1 heterocycles. The van der Waals surface area contributed by atoms with Crippen LogP contribution >= 0.6 is 0 Å². The Hall–Kier alpha value is -0.570. The quantitative estimate of drug-likeness (QED) is 0.609. The maximum Gasteiger partial charge on any atom is 0.221 e. The highest BCUT2D eigenvalue weighted by Gasteiger charge is 2.24. The van der Waals surface area contributed by atoms with Gasteiger partial charge >= 0.3 is 0 Å². The molecule has 1 rings (SSSR count). The summed E-state index contributed by atoms with van der Waals surface area (Å²) in [6.45, 7) is 6.38. The van der Waals surface area contributed by atoms with Gasteiger partial charge in [0, 0.05) is 24.5 Å². The first-order valence-corrected chi connectivity index (χ1v) is 5.02. The van der Waals surface area contributed by atoms with Crippen LogP contribution in [0, 0.1) is 0 Å². The van der Waals surface area contributed by atoms with Crippen molar-refractivity contribution in [2.24, 2.45) is 0 Å². The van der Waals surface area contributed by atoms with Crippen LogP contribution in [0.1, 0.15) is 33.6 Å². The highest BCUT2D eigenvalue weighted by Crippen LogP contribution is 2.13. The fourth-order valence-corrected chi connectivity index (χ4v) is 1.92. The molecule has 1 aliphatic heterocycles. The van der Waals surface area contributed by atoms with Crippen molar-refractivity contribution in [2.75, 3.05) is 7.05 Å². The second kappa shape index (κ2) is 4.09. The number of carbonyl (C=O) groups is 1. The van der Waals surface area contributed by atoms with E-state index in [9.17, 15) is 4.79 Å². The summed E-state index contributed by atoms with van der Waals surface area (Å²) in [6.07, 6.45) is 1.65. The van der Waals surface area contributed by atoms with Crippen LogP contribution in [0.4, 0.5) is 0 Å². The Labute approximate surface area is 80.5 Å². The van der Waals surface area contributed by atoms with Crippen molar-refractivity contribution in [1.82, 2.24) is 10.2 Å². The van der Waals surface area contributed by atoms with Crippen molar-refractivity contribution in [3.05, 3.63) is 0 Å². The average molecular weight is 184 g/mol. The molecule has 3 atom stereocenters. The lowest BCUT2D eigenvalue weighted by atomic mass is 10.0. The van der Waals surface area contributed by atoms with Crippen LogP contribution in [0.15, 0.2) is 0 Å². The van der Waals surface area contributed by atoms with Crippen molar-refractivity contribution >= 4 is 5.91 Å². The molecule has 0 saturated carbocycles. The van der Waals surface area contributed by atoms with Gasteiger partial charge in [-0.05, 0) is 34.2 Å². The first-order chi connectivity index (χ1) is 6.00. The number of carbonyl (C=O) groups excluding carboxylic acids is 1. The zero-order valence-corrected chi connectivity index (χ0v) is 9.00. The third kappa shape index (κ3) is 2.69. The fourth-order valence-electron chi connectivity index (χ4n) is 1.92. The summed E-state index contributed by atoms with van der Waals surface area (Å²) in [4.78, 5) is 13.7. The predicted molar refractivity (Wildman–Crippen MR) is 53.5 cm³/mol. The molecule has 0 aromatic carbocycles. The molecule has 1 aliphatic rings. The number of rotatable bonds is 0. The van der Waals surface area contributed by atoms with E-state index < -0.39 is 0 Å². The monoisotopic (exact) mass is 184 g/mol. The summed E-state index contributed by atoms with van der Waals surface area (Å²) in [5.74, 6) is 0.179. The van der Waals surface area contributed by atoms with E-state index in [2.05, 4.69) is 38.0 Å². The highest BCUT2D eigenvalue weighted by molar-refractivity contribution is 5.76. The molecule has 0 aliphatic carbocycles. The van der Waals surface area contributed by atoms with Gasteiger partial charge in [-0.15, -0.1) is 0 Å². The largest absolute Gasteiger partial charge is 0.354 e. The second-order valence-electron chi connectivity index (χ2n) is 4.27. The summed E-state index contributed by atoms with van der Waals surface area (Å²) in [6, 6.07) is 1.20. The first kappa shape index (κ1) is 10.5. The summed E-state index contributed by atoms with van der Waals surface area (Å²) in [5.41, 5.74) is 0. The van der Waals surface area contributed by atoms with Crippen molar-refractivity contribution < 1.29 is 4.79 Å². The molecule has 0 bridgehead atoms. The van der Waals surface area contributed by atoms with Gasteiger partial charge in [0.15, 0.2) is 0 Å². The predicted octanol–water partition coefficient (Wildman–Crippen LogP) is 0.994. The van der Waals surface area contributed by atoms with Crippen LogP contribution < -0.4 is 5.32 Å². The van der Waals surface area contributed by atoms with Gasteiger partial charge in [-0.3, -0.25) is 4.79 Å². The van der Waals surface area contributed by atoms with Gasteiger partial charge in [-0.1, -0.05) is 0 Å². The SMILES string of the molecule is CC1CC(C)N(C)C(C)CC(=O)N1. The Bertz CT molecular complexity index is 193. The molecular formula is C10H20N2O. The fraction of sp³-hybridized carbons (Fsp3) is 0.900. The Morgan fingerprint density at radius 3 is 2.54 bits per heavy atom. The Morgan fingerprint density at radius 1 is 1.31 bits per heavy atom. The summed E-state index contributed by atoms with van der Waals surface area (Å²) >= 11 is 0. The van der Waals surface area contributed by atoms with Crippen LogP contribution in [0.3, 0.4) is 0 Å². The minimum absolute atomic E-state index is 0.179. The van der Waals surface area contributed by atoms with E-state index in [0.717, 1.165) is 6.42 Å². The maximum absolute atomic E-state index is 11.4. The van der Waals surface area contributed by atoms with Crippen molar-refractivity contribution in [1.29, 1.82) is 0 Å². The Kier molecular flexibility index (Phi) is 3.31. The van der Waals surface area contributed by atoms with Gasteiger partial charge < -0.3 is 10.2 Å². The van der Waals surface area contributed by atoms with E-state index >= 15 is 0 Å². The van der Waals surface area contributed by atoms with Crippen molar-refractivity contribution in [2.45, 2.75) is 51.7 Å². The molecule has 1 fully saturated rings. The van der Waals surface area contributed by atoms with Gasteiger partial charge in [-0.2, -0.15) is 0 Å². The van der Waals surface area contributed by atoms with Gasteiger partial charge in [0.05, 0.1) is 0 Å². The van der Waals surface area contributed by atoms with Crippen LogP contribution in [0.5, 0.6) is 0 Å². The summed E-state index contributed by atoms with van der Waals surface area (Å²) in [5, 5.41) is 3.00. The number of hydrogen-bond acceptors (Lipinski definition) is 2. The third-order valence-electron chi connectivity index (χ3n) is 2.97. The zero-order valence-electron chi connectivity index (χ0n) is 9.00. The molecule has 1 amide bonds. The lowest BCUT2D eigenvalue weighted by molar-refractivity contribution is -0.123. The van der Waals surface area contributed by atoms with E-state index in [4.69, 9.17) is 0 Å². The molecule has 1 saturated heterocycles. The molecule has 3 nitrogen and oxygen atoms in total. The van der Waals surface area contributed by atoms with E-state index in [1.165, 1.54) is 0 Å². The smallest absolute Gasteiger partial charge is 0.221 e. The molecular weight excluding hydrogens is 164 g/mol. The Morgan fingerprint density at radius 2 is 1.92 bits per heavy atom. The first-order valence-electron chi connectivity index (χ1n) is 5.02. The number of hydrogen-bond donors (Lipinski definition) is 1. The molecule has 13 heavy (non-hydrogen) atoms. The molecule has 3 heteroatoms. The maximum atomic E-state index is 11.4. The minimum Gasteiger partial charge on any atom is -0.354 e. The van der Waals surface area contributed by atoms with Crippen LogP contribution in [0.25, 0.3) is 0 Å². The summed E-state index contributed by atoms with van der Waals surface area (Å²) in [7, 11) is 2.10.